The molecule has 0 radical (unpaired) electrons. The van der Waals surface area contributed by atoms with E-state index in [2.05, 4.69) is 20.8 Å². The number of halogens is 2. The number of amides is 1. The fraction of sp³-hybridized carbons (Fsp3) is 0.125. The number of carbonyl (C=O) groups is 1. The highest BCUT2D eigenvalue weighted by Gasteiger charge is 2.19. The maximum atomic E-state index is 13.2. The molecule has 0 fully saturated rings. The number of nitrogens with one attached hydrogen (secondary N) is 1. The molecule has 7 nitrogen and oxygen atoms in total. The van der Waals surface area contributed by atoms with Gasteiger partial charge in [0.2, 0.25) is 11.1 Å². The monoisotopic (exact) mass is 393 g/mol. The zero-order valence-corrected chi connectivity index (χ0v) is 15.0. The lowest BCUT2D eigenvalue weighted by Gasteiger charge is -2.12. The molecule has 134 valence electrons. The van der Waals surface area contributed by atoms with Crippen LogP contribution in [0.5, 0.6) is 5.75 Å². The molecule has 26 heavy (non-hydrogen) atoms. The van der Waals surface area contributed by atoms with Crippen LogP contribution in [0.15, 0.2) is 47.6 Å². The largest absolute Gasteiger partial charge is 0.508 e. The standard InChI is InChI=1S/C16H13ClFN5O2S/c1-9(15(25)19-10-2-7-14(18)13(17)8-10)26-16-20-21-22-23(16)11-3-5-12(24)6-4-11/h2-9,24H,1H3,(H,19,25)/t9-/m1/s1. The Morgan fingerprint density at radius 2 is 2.04 bits per heavy atom. The molecule has 0 aliphatic carbocycles. The number of anilines is 1. The first-order valence-electron chi connectivity index (χ1n) is 7.44. The Kier molecular flexibility index (Phi) is 5.38. The van der Waals surface area contributed by atoms with Gasteiger partial charge in [-0.05, 0) is 59.8 Å². The number of nitrogens with zero attached hydrogens (tertiary/aromatic N) is 4. The molecule has 1 heterocycles. The third-order valence-corrected chi connectivity index (χ3v) is 4.70. The first kappa shape index (κ1) is 18.2. The number of aromatic hydroxyl groups is 1. The quantitative estimate of drug-likeness (QED) is 0.646. The normalized spacial score (nSPS) is 12.0. The number of rotatable bonds is 5. The van der Waals surface area contributed by atoms with E-state index in [4.69, 9.17) is 11.6 Å². The summed E-state index contributed by atoms with van der Waals surface area (Å²) in [6.45, 7) is 1.70. The van der Waals surface area contributed by atoms with Crippen LogP contribution in [0.1, 0.15) is 6.92 Å². The van der Waals surface area contributed by atoms with Crippen LogP contribution in [-0.2, 0) is 4.79 Å². The maximum Gasteiger partial charge on any atom is 0.237 e. The van der Waals surface area contributed by atoms with Crippen molar-refractivity contribution in [2.75, 3.05) is 5.32 Å². The van der Waals surface area contributed by atoms with E-state index < -0.39 is 11.1 Å². The third kappa shape index (κ3) is 4.12. The van der Waals surface area contributed by atoms with Gasteiger partial charge < -0.3 is 10.4 Å². The van der Waals surface area contributed by atoms with E-state index in [0.717, 1.165) is 11.8 Å². The van der Waals surface area contributed by atoms with Gasteiger partial charge in [0, 0.05) is 5.69 Å². The Bertz CT molecular complexity index is 935. The molecule has 0 saturated heterocycles. The van der Waals surface area contributed by atoms with Gasteiger partial charge in [0.25, 0.3) is 0 Å². The summed E-state index contributed by atoms with van der Waals surface area (Å²) in [6.07, 6.45) is 0. The van der Waals surface area contributed by atoms with Crippen LogP contribution in [0.4, 0.5) is 10.1 Å². The predicted octanol–water partition coefficient (Wildman–Crippen LogP) is 3.28. The van der Waals surface area contributed by atoms with Crippen molar-refractivity contribution in [1.29, 1.82) is 0 Å². The van der Waals surface area contributed by atoms with Gasteiger partial charge in [-0.3, -0.25) is 4.79 Å². The molecule has 0 aliphatic rings. The van der Waals surface area contributed by atoms with Crippen LogP contribution in [0, 0.1) is 5.82 Å². The Morgan fingerprint density at radius 1 is 1.31 bits per heavy atom. The second kappa shape index (κ2) is 7.71. The molecular weight excluding hydrogens is 381 g/mol. The Hall–Kier alpha value is -2.65. The number of phenolic OH excluding ortho intramolecular Hbond substituents is 1. The van der Waals surface area contributed by atoms with E-state index >= 15 is 0 Å². The zero-order valence-electron chi connectivity index (χ0n) is 13.4. The first-order valence-corrected chi connectivity index (χ1v) is 8.70. The number of phenols is 1. The molecule has 0 saturated carbocycles. The zero-order chi connectivity index (χ0) is 18.7. The summed E-state index contributed by atoms with van der Waals surface area (Å²) in [5, 5.41) is 23.3. The number of benzene rings is 2. The van der Waals surface area contributed by atoms with E-state index in [1.165, 1.54) is 35.0 Å². The first-order chi connectivity index (χ1) is 12.4. The fourth-order valence-corrected chi connectivity index (χ4v) is 3.03. The molecule has 0 aliphatic heterocycles. The van der Waals surface area contributed by atoms with Crippen molar-refractivity contribution in [3.63, 3.8) is 0 Å². The van der Waals surface area contributed by atoms with Crippen molar-refractivity contribution in [2.24, 2.45) is 0 Å². The van der Waals surface area contributed by atoms with Crippen LogP contribution in [0.3, 0.4) is 0 Å². The average Bonchev–Trinajstić information content (AvgIpc) is 3.07. The van der Waals surface area contributed by atoms with Crippen LogP contribution >= 0.6 is 23.4 Å². The molecule has 1 amide bonds. The molecule has 1 atom stereocenters. The highest BCUT2D eigenvalue weighted by molar-refractivity contribution is 8.00. The average molecular weight is 394 g/mol. The van der Waals surface area contributed by atoms with Gasteiger partial charge in [0.05, 0.1) is 16.0 Å². The van der Waals surface area contributed by atoms with Crippen LogP contribution in [0.25, 0.3) is 5.69 Å². The summed E-state index contributed by atoms with van der Waals surface area (Å²) < 4.78 is 14.6. The molecule has 3 rings (SSSR count). The van der Waals surface area contributed by atoms with E-state index in [-0.39, 0.29) is 16.7 Å². The van der Waals surface area contributed by atoms with Crippen LogP contribution < -0.4 is 5.32 Å². The lowest BCUT2D eigenvalue weighted by atomic mass is 10.3. The number of tetrazole rings is 1. The van der Waals surface area contributed by atoms with Crippen molar-refractivity contribution in [3.05, 3.63) is 53.3 Å². The van der Waals surface area contributed by atoms with Crippen molar-refractivity contribution in [1.82, 2.24) is 20.2 Å². The fourth-order valence-electron chi connectivity index (χ4n) is 2.04. The van der Waals surface area contributed by atoms with Gasteiger partial charge in [-0.25, -0.2) is 4.39 Å². The Labute approximate surface area is 157 Å². The Morgan fingerprint density at radius 3 is 2.73 bits per heavy atom. The van der Waals surface area contributed by atoms with Gasteiger partial charge in [-0.2, -0.15) is 4.68 Å². The summed E-state index contributed by atoms with van der Waals surface area (Å²) in [7, 11) is 0. The summed E-state index contributed by atoms with van der Waals surface area (Å²) >= 11 is 6.87. The summed E-state index contributed by atoms with van der Waals surface area (Å²) in [5.74, 6) is -0.736. The second-order valence-corrected chi connectivity index (χ2v) is 6.98. The highest BCUT2D eigenvalue weighted by Crippen LogP contribution is 2.25. The second-order valence-electron chi connectivity index (χ2n) is 5.27. The minimum absolute atomic E-state index is 0.0700. The lowest BCUT2D eigenvalue weighted by molar-refractivity contribution is -0.115. The van der Waals surface area contributed by atoms with E-state index in [0.29, 0.717) is 16.5 Å². The molecule has 0 unspecified atom stereocenters. The lowest BCUT2D eigenvalue weighted by Crippen LogP contribution is -2.23. The van der Waals surface area contributed by atoms with Crippen molar-refractivity contribution < 1.29 is 14.3 Å². The van der Waals surface area contributed by atoms with Gasteiger partial charge in [-0.1, -0.05) is 23.4 Å². The SMILES string of the molecule is C[C@@H](Sc1nnnn1-c1ccc(O)cc1)C(=O)Nc1ccc(F)c(Cl)c1. The van der Waals surface area contributed by atoms with Gasteiger partial charge in [0.1, 0.15) is 11.6 Å². The summed E-state index contributed by atoms with van der Waals surface area (Å²) in [4.78, 5) is 12.3. The van der Waals surface area contributed by atoms with Gasteiger partial charge >= 0.3 is 0 Å². The van der Waals surface area contributed by atoms with Crippen LogP contribution in [0.2, 0.25) is 5.02 Å². The summed E-state index contributed by atoms with van der Waals surface area (Å²) in [5.41, 5.74) is 1.04. The van der Waals surface area contributed by atoms with Crippen molar-refractivity contribution in [3.8, 4) is 11.4 Å². The molecule has 10 heteroatoms. The number of hydrogen-bond donors (Lipinski definition) is 2. The van der Waals surface area contributed by atoms with Crippen molar-refractivity contribution in [2.45, 2.75) is 17.3 Å². The molecule has 0 spiro atoms. The molecule has 2 aromatic carbocycles. The minimum atomic E-state index is -0.555. The molecule has 0 bridgehead atoms. The molecule has 2 N–H and O–H groups in total. The number of aromatic nitrogens is 4. The van der Waals surface area contributed by atoms with Crippen molar-refractivity contribution >= 4 is 35.0 Å². The molecule has 1 aromatic heterocycles. The number of carbonyl (C=O) groups excluding carboxylic acids is 1. The predicted molar refractivity (Wildman–Crippen MR) is 96.2 cm³/mol. The summed E-state index contributed by atoms with van der Waals surface area (Å²) in [6, 6.07) is 10.3. The van der Waals surface area contributed by atoms with Crippen LogP contribution in [-0.4, -0.2) is 36.5 Å². The molecular formula is C16H13ClFN5O2S. The van der Waals surface area contributed by atoms with E-state index in [1.54, 1.807) is 19.1 Å². The molecule has 3 aromatic rings. The number of thioether (sulfide) groups is 1. The third-order valence-electron chi connectivity index (χ3n) is 3.37. The maximum absolute atomic E-state index is 13.2. The minimum Gasteiger partial charge on any atom is -0.508 e. The van der Waals surface area contributed by atoms with E-state index in [9.17, 15) is 14.3 Å². The van der Waals surface area contributed by atoms with E-state index in [1.807, 2.05) is 0 Å². The smallest absolute Gasteiger partial charge is 0.237 e. The highest BCUT2D eigenvalue weighted by atomic mass is 35.5. The number of hydrogen-bond acceptors (Lipinski definition) is 6. The van der Waals surface area contributed by atoms with Gasteiger partial charge in [-0.15, -0.1) is 5.10 Å². The topological polar surface area (TPSA) is 92.9 Å². The Balaban J connectivity index is 1.71. The van der Waals surface area contributed by atoms with Gasteiger partial charge in [0.15, 0.2) is 0 Å².